The van der Waals surface area contributed by atoms with Crippen LogP contribution in [0.2, 0.25) is 0 Å². The highest BCUT2D eigenvalue weighted by atomic mass is 16.5. The zero-order valence-electron chi connectivity index (χ0n) is 10.5. The number of nitrogens with one attached hydrogen (secondary N) is 1. The minimum Gasteiger partial charge on any atom is -0.507 e. The van der Waals surface area contributed by atoms with Crippen molar-refractivity contribution in [2.45, 2.75) is 13.5 Å². The highest BCUT2D eigenvalue weighted by Crippen LogP contribution is 2.28. The van der Waals surface area contributed by atoms with Gasteiger partial charge in [0.1, 0.15) is 11.5 Å². The molecule has 1 heterocycles. The first-order valence-corrected chi connectivity index (χ1v) is 6.00. The van der Waals surface area contributed by atoms with E-state index in [1.807, 2.05) is 13.0 Å². The van der Waals surface area contributed by atoms with E-state index in [1.165, 1.54) is 0 Å². The summed E-state index contributed by atoms with van der Waals surface area (Å²) < 4.78 is 5.19. The first-order chi connectivity index (χ1) is 8.20. The van der Waals surface area contributed by atoms with Crippen LogP contribution in [0.3, 0.4) is 0 Å². The minimum absolute atomic E-state index is 0.325. The fraction of sp³-hybridized carbons (Fsp3) is 0.538. The van der Waals surface area contributed by atoms with Crippen molar-refractivity contribution in [3.8, 4) is 11.5 Å². The van der Waals surface area contributed by atoms with Gasteiger partial charge < -0.3 is 15.2 Å². The van der Waals surface area contributed by atoms with Crippen molar-refractivity contribution in [1.82, 2.24) is 10.2 Å². The molecular formula is C13H20N2O2. The number of rotatable bonds is 3. The molecule has 17 heavy (non-hydrogen) atoms. The van der Waals surface area contributed by atoms with E-state index in [0.717, 1.165) is 49.6 Å². The van der Waals surface area contributed by atoms with Crippen molar-refractivity contribution in [2.75, 3.05) is 33.3 Å². The standard InChI is InChI=1S/C13H20N2O2/c1-10-7-11(12(16)8-13(10)17-2)9-15-5-3-14-4-6-15/h7-8,14,16H,3-6,9H2,1-2H3. The largest absolute Gasteiger partial charge is 0.507 e. The molecule has 0 amide bonds. The summed E-state index contributed by atoms with van der Waals surface area (Å²) in [5.74, 6) is 1.07. The van der Waals surface area contributed by atoms with Crippen LogP contribution in [-0.4, -0.2) is 43.3 Å². The highest BCUT2D eigenvalue weighted by molar-refractivity contribution is 5.45. The normalized spacial score (nSPS) is 17.1. The fourth-order valence-electron chi connectivity index (χ4n) is 2.19. The predicted octanol–water partition coefficient (Wildman–Crippen LogP) is 1.11. The van der Waals surface area contributed by atoms with Gasteiger partial charge in [-0.1, -0.05) is 0 Å². The molecule has 1 aromatic carbocycles. The lowest BCUT2D eigenvalue weighted by Crippen LogP contribution is -2.42. The molecule has 0 aromatic heterocycles. The van der Waals surface area contributed by atoms with E-state index in [2.05, 4.69) is 10.2 Å². The molecule has 1 aliphatic rings. The smallest absolute Gasteiger partial charge is 0.125 e. The van der Waals surface area contributed by atoms with Crippen molar-refractivity contribution in [1.29, 1.82) is 0 Å². The van der Waals surface area contributed by atoms with Gasteiger partial charge in [0.15, 0.2) is 0 Å². The van der Waals surface area contributed by atoms with Crippen LogP contribution in [0.25, 0.3) is 0 Å². The first kappa shape index (κ1) is 12.2. The van der Waals surface area contributed by atoms with E-state index in [1.54, 1.807) is 13.2 Å². The maximum absolute atomic E-state index is 9.96. The number of phenols is 1. The summed E-state index contributed by atoms with van der Waals surface area (Å²) in [6, 6.07) is 3.71. The number of nitrogens with zero attached hydrogens (tertiary/aromatic N) is 1. The quantitative estimate of drug-likeness (QED) is 0.825. The lowest BCUT2D eigenvalue weighted by atomic mass is 10.1. The first-order valence-electron chi connectivity index (χ1n) is 6.00. The van der Waals surface area contributed by atoms with E-state index in [9.17, 15) is 5.11 Å². The molecule has 94 valence electrons. The Morgan fingerprint density at radius 3 is 2.71 bits per heavy atom. The molecule has 2 rings (SSSR count). The van der Waals surface area contributed by atoms with Gasteiger partial charge in [0.25, 0.3) is 0 Å². The Hall–Kier alpha value is -1.26. The van der Waals surface area contributed by atoms with E-state index in [4.69, 9.17) is 4.74 Å². The van der Waals surface area contributed by atoms with E-state index in [0.29, 0.717) is 5.75 Å². The van der Waals surface area contributed by atoms with Gasteiger partial charge in [0.2, 0.25) is 0 Å². The highest BCUT2D eigenvalue weighted by Gasteiger charge is 2.13. The second-order valence-corrected chi connectivity index (χ2v) is 4.48. The van der Waals surface area contributed by atoms with Gasteiger partial charge in [-0.15, -0.1) is 0 Å². The minimum atomic E-state index is 0.325. The average molecular weight is 236 g/mol. The molecule has 1 saturated heterocycles. The third-order valence-electron chi connectivity index (χ3n) is 3.20. The molecule has 1 fully saturated rings. The third-order valence-corrected chi connectivity index (χ3v) is 3.20. The monoisotopic (exact) mass is 236 g/mol. The van der Waals surface area contributed by atoms with Gasteiger partial charge in [-0.25, -0.2) is 0 Å². The number of benzene rings is 1. The van der Waals surface area contributed by atoms with Gasteiger partial charge in [0.05, 0.1) is 7.11 Å². The van der Waals surface area contributed by atoms with Crippen molar-refractivity contribution in [3.05, 3.63) is 23.3 Å². The SMILES string of the molecule is COc1cc(O)c(CN2CCNCC2)cc1C. The summed E-state index contributed by atoms with van der Waals surface area (Å²) in [6.45, 7) is 6.92. The molecule has 0 atom stereocenters. The Labute approximate surface area is 102 Å². The van der Waals surface area contributed by atoms with Crippen molar-refractivity contribution < 1.29 is 9.84 Å². The van der Waals surface area contributed by atoms with E-state index < -0.39 is 0 Å². The number of phenolic OH excluding ortho intramolecular Hbond substituents is 1. The molecule has 0 unspecified atom stereocenters. The second-order valence-electron chi connectivity index (χ2n) is 4.48. The Bertz CT molecular complexity index is 387. The average Bonchev–Trinajstić information content (AvgIpc) is 2.34. The summed E-state index contributed by atoms with van der Waals surface area (Å²) in [5, 5.41) is 13.3. The molecule has 1 aromatic rings. The molecule has 0 saturated carbocycles. The Kier molecular flexibility index (Phi) is 3.86. The van der Waals surface area contributed by atoms with E-state index >= 15 is 0 Å². The molecule has 0 spiro atoms. The number of piperazine rings is 1. The van der Waals surface area contributed by atoms with Crippen LogP contribution in [0.4, 0.5) is 0 Å². The van der Waals surface area contributed by atoms with Gasteiger partial charge in [-0.05, 0) is 18.6 Å². The van der Waals surface area contributed by atoms with Crippen LogP contribution >= 0.6 is 0 Å². The molecule has 0 radical (unpaired) electrons. The number of hydrogen-bond acceptors (Lipinski definition) is 4. The maximum atomic E-state index is 9.96. The summed E-state index contributed by atoms with van der Waals surface area (Å²) >= 11 is 0. The van der Waals surface area contributed by atoms with E-state index in [-0.39, 0.29) is 0 Å². The zero-order valence-corrected chi connectivity index (χ0v) is 10.5. The molecule has 4 nitrogen and oxygen atoms in total. The van der Waals surface area contributed by atoms with Crippen molar-refractivity contribution >= 4 is 0 Å². The van der Waals surface area contributed by atoms with Gasteiger partial charge in [0, 0.05) is 44.4 Å². The molecule has 0 bridgehead atoms. The fourth-order valence-corrected chi connectivity index (χ4v) is 2.19. The zero-order chi connectivity index (χ0) is 12.3. The Balaban J connectivity index is 2.12. The van der Waals surface area contributed by atoms with Crippen molar-refractivity contribution in [3.63, 3.8) is 0 Å². The topological polar surface area (TPSA) is 44.7 Å². The Morgan fingerprint density at radius 2 is 2.06 bits per heavy atom. The summed E-state index contributed by atoms with van der Waals surface area (Å²) in [6.07, 6.45) is 0. The summed E-state index contributed by atoms with van der Waals surface area (Å²) in [5.41, 5.74) is 2.04. The van der Waals surface area contributed by atoms with Crippen LogP contribution in [0.5, 0.6) is 11.5 Å². The van der Waals surface area contributed by atoms with Gasteiger partial charge in [-0.2, -0.15) is 0 Å². The lowest BCUT2D eigenvalue weighted by molar-refractivity contribution is 0.230. The molecular weight excluding hydrogens is 216 g/mol. The number of aryl methyl sites for hydroxylation is 1. The predicted molar refractivity (Wildman–Crippen MR) is 67.5 cm³/mol. The number of hydrogen-bond donors (Lipinski definition) is 2. The Morgan fingerprint density at radius 1 is 1.35 bits per heavy atom. The van der Waals surface area contributed by atoms with Crippen LogP contribution in [0, 0.1) is 6.92 Å². The molecule has 0 aliphatic carbocycles. The van der Waals surface area contributed by atoms with Crippen LogP contribution in [-0.2, 0) is 6.54 Å². The summed E-state index contributed by atoms with van der Waals surface area (Å²) in [7, 11) is 1.62. The van der Waals surface area contributed by atoms with Crippen molar-refractivity contribution in [2.24, 2.45) is 0 Å². The number of ether oxygens (including phenoxy) is 1. The second kappa shape index (κ2) is 5.38. The molecule has 1 aliphatic heterocycles. The lowest BCUT2D eigenvalue weighted by Gasteiger charge is -2.27. The maximum Gasteiger partial charge on any atom is 0.125 e. The van der Waals surface area contributed by atoms with Gasteiger partial charge in [-0.3, -0.25) is 4.90 Å². The molecule has 2 N–H and O–H groups in total. The van der Waals surface area contributed by atoms with Gasteiger partial charge >= 0.3 is 0 Å². The number of aromatic hydroxyl groups is 1. The van der Waals surface area contributed by atoms with Crippen LogP contribution in [0.15, 0.2) is 12.1 Å². The number of methoxy groups -OCH3 is 1. The van der Waals surface area contributed by atoms with Crippen LogP contribution in [0.1, 0.15) is 11.1 Å². The summed E-state index contributed by atoms with van der Waals surface area (Å²) in [4.78, 5) is 2.34. The van der Waals surface area contributed by atoms with Crippen LogP contribution < -0.4 is 10.1 Å². The molecule has 4 heteroatoms. The third kappa shape index (κ3) is 2.90.